The van der Waals surface area contributed by atoms with Gasteiger partial charge in [-0.2, -0.15) is 0 Å². The summed E-state index contributed by atoms with van der Waals surface area (Å²) in [6.45, 7) is 3.47. The van der Waals surface area contributed by atoms with E-state index in [4.69, 9.17) is 11.6 Å². The van der Waals surface area contributed by atoms with Gasteiger partial charge in [-0.3, -0.25) is 9.79 Å². The Labute approximate surface area is 83.1 Å². The molecule has 3 nitrogen and oxygen atoms in total. The largest absolute Gasteiger partial charge is 0.319 e. The van der Waals surface area contributed by atoms with Crippen molar-refractivity contribution in [3.05, 3.63) is 11.3 Å². The zero-order valence-corrected chi connectivity index (χ0v) is 8.80. The van der Waals surface area contributed by atoms with Crippen molar-refractivity contribution in [3.63, 3.8) is 0 Å². The van der Waals surface area contributed by atoms with E-state index >= 15 is 0 Å². The molecular formula is C9H13ClN2O. The van der Waals surface area contributed by atoms with Crippen molar-refractivity contribution in [2.24, 2.45) is 4.99 Å². The molecule has 1 heterocycles. The van der Waals surface area contributed by atoms with Crippen LogP contribution in [0.25, 0.3) is 0 Å². The van der Waals surface area contributed by atoms with Crippen molar-refractivity contribution in [1.82, 2.24) is 4.90 Å². The van der Waals surface area contributed by atoms with Crippen LogP contribution in [0.4, 0.5) is 0 Å². The first-order chi connectivity index (χ1) is 6.02. The van der Waals surface area contributed by atoms with Crippen molar-refractivity contribution in [1.29, 1.82) is 0 Å². The molecule has 0 fully saturated rings. The van der Waals surface area contributed by atoms with Crippen LogP contribution in [0, 0.1) is 0 Å². The lowest BCUT2D eigenvalue weighted by molar-refractivity contribution is -0.126. The Kier molecular flexibility index (Phi) is 3.09. The Morgan fingerprint density at radius 3 is 2.92 bits per heavy atom. The van der Waals surface area contributed by atoms with Crippen molar-refractivity contribution < 1.29 is 4.79 Å². The lowest BCUT2D eigenvalue weighted by atomic mass is 10.1. The number of alkyl halides is 1. The maximum absolute atomic E-state index is 11.1. The van der Waals surface area contributed by atoms with E-state index in [-0.39, 0.29) is 11.4 Å². The van der Waals surface area contributed by atoms with Crippen molar-refractivity contribution in [2.75, 3.05) is 7.05 Å². The number of aliphatic imine (C=N–C) groups is 1. The number of hydrogen-bond donors (Lipinski definition) is 0. The lowest BCUT2D eigenvalue weighted by Crippen LogP contribution is -2.27. The van der Waals surface area contributed by atoms with Crippen molar-refractivity contribution >= 4 is 23.7 Å². The van der Waals surface area contributed by atoms with Gasteiger partial charge in [-0.15, -0.1) is 0 Å². The van der Waals surface area contributed by atoms with Crippen LogP contribution in [-0.4, -0.2) is 29.6 Å². The summed E-state index contributed by atoms with van der Waals surface area (Å²) in [6, 6.07) is 0. The molecule has 1 amide bonds. The van der Waals surface area contributed by atoms with E-state index in [2.05, 4.69) is 4.99 Å². The van der Waals surface area contributed by atoms with Gasteiger partial charge in [0.1, 0.15) is 5.50 Å². The predicted molar refractivity (Wildman–Crippen MR) is 53.9 cm³/mol. The van der Waals surface area contributed by atoms with Crippen LogP contribution in [0.15, 0.2) is 16.3 Å². The number of halogens is 1. The summed E-state index contributed by atoms with van der Waals surface area (Å²) >= 11 is 5.86. The van der Waals surface area contributed by atoms with E-state index in [1.807, 2.05) is 6.92 Å². The minimum absolute atomic E-state index is 0.0218. The number of carbonyl (C=O) groups excluding carboxylic acids is 1. The summed E-state index contributed by atoms with van der Waals surface area (Å²) in [5.74, 6) is 0.0218. The maximum atomic E-state index is 11.1. The molecule has 0 aromatic heterocycles. The second kappa shape index (κ2) is 3.92. The number of amides is 1. The molecule has 13 heavy (non-hydrogen) atoms. The van der Waals surface area contributed by atoms with Crippen LogP contribution in [0.1, 0.15) is 20.3 Å². The van der Waals surface area contributed by atoms with E-state index in [9.17, 15) is 4.79 Å². The van der Waals surface area contributed by atoms with Gasteiger partial charge in [0.15, 0.2) is 0 Å². The molecule has 1 unspecified atom stereocenters. The van der Waals surface area contributed by atoms with Gasteiger partial charge in [0, 0.05) is 32.3 Å². The molecule has 1 rings (SSSR count). The molecule has 0 radical (unpaired) electrons. The van der Waals surface area contributed by atoms with Crippen LogP contribution in [0.2, 0.25) is 0 Å². The van der Waals surface area contributed by atoms with E-state index < -0.39 is 0 Å². The first kappa shape index (κ1) is 10.3. The molecule has 1 aliphatic heterocycles. The molecule has 0 aliphatic carbocycles. The van der Waals surface area contributed by atoms with Crippen LogP contribution >= 0.6 is 11.6 Å². The molecule has 0 aromatic carbocycles. The maximum Gasteiger partial charge on any atom is 0.223 e. The standard InChI is InChI=1S/C9H13ClN2O/c1-6-5-11-9(10)4-8(6)12(3)7(2)13/h5,9H,4H2,1-3H3. The SMILES string of the molecule is CC(=O)N(C)C1=C(C)C=NC(Cl)C1. The third-order valence-corrected chi connectivity index (χ3v) is 2.39. The molecular weight excluding hydrogens is 188 g/mol. The summed E-state index contributed by atoms with van der Waals surface area (Å²) in [4.78, 5) is 16.8. The van der Waals surface area contributed by atoms with Gasteiger partial charge >= 0.3 is 0 Å². The van der Waals surface area contributed by atoms with Crippen LogP contribution in [0.5, 0.6) is 0 Å². The van der Waals surface area contributed by atoms with Gasteiger partial charge in [0.2, 0.25) is 5.91 Å². The summed E-state index contributed by atoms with van der Waals surface area (Å²) in [5, 5.41) is 0. The summed E-state index contributed by atoms with van der Waals surface area (Å²) in [5.41, 5.74) is 1.73. The first-order valence-corrected chi connectivity index (χ1v) is 4.57. The van der Waals surface area contributed by atoms with E-state index in [1.165, 1.54) is 6.92 Å². The van der Waals surface area contributed by atoms with Gasteiger partial charge < -0.3 is 4.90 Å². The molecule has 0 saturated carbocycles. The van der Waals surface area contributed by atoms with Crippen molar-refractivity contribution in [2.45, 2.75) is 25.8 Å². The van der Waals surface area contributed by atoms with E-state index in [0.717, 1.165) is 11.3 Å². The summed E-state index contributed by atoms with van der Waals surface area (Å²) < 4.78 is 0. The normalized spacial score (nSPS) is 22.0. The topological polar surface area (TPSA) is 32.7 Å². The Hall–Kier alpha value is -0.830. The van der Waals surface area contributed by atoms with E-state index in [0.29, 0.717) is 6.42 Å². The first-order valence-electron chi connectivity index (χ1n) is 4.13. The fraction of sp³-hybridized carbons (Fsp3) is 0.556. The highest BCUT2D eigenvalue weighted by atomic mass is 35.5. The average Bonchev–Trinajstić information content (AvgIpc) is 2.08. The number of carbonyl (C=O) groups is 1. The molecule has 72 valence electrons. The Balaban J connectivity index is 2.89. The van der Waals surface area contributed by atoms with Crippen LogP contribution in [0.3, 0.4) is 0 Å². The molecule has 0 spiro atoms. The van der Waals surface area contributed by atoms with Gasteiger partial charge in [0.05, 0.1) is 0 Å². The minimum atomic E-state index is -0.236. The lowest BCUT2D eigenvalue weighted by Gasteiger charge is -2.24. The molecule has 0 aromatic rings. The average molecular weight is 201 g/mol. The molecule has 0 N–H and O–H groups in total. The number of rotatable bonds is 1. The molecule has 4 heteroatoms. The fourth-order valence-corrected chi connectivity index (χ4v) is 1.43. The number of nitrogens with zero attached hydrogens (tertiary/aromatic N) is 2. The fourth-order valence-electron chi connectivity index (χ4n) is 1.23. The monoisotopic (exact) mass is 200 g/mol. The van der Waals surface area contributed by atoms with Gasteiger partial charge in [-0.1, -0.05) is 11.6 Å². The molecule has 1 atom stereocenters. The second-order valence-electron chi connectivity index (χ2n) is 3.12. The number of hydrogen-bond acceptors (Lipinski definition) is 2. The zero-order chi connectivity index (χ0) is 10.0. The minimum Gasteiger partial charge on any atom is -0.319 e. The van der Waals surface area contributed by atoms with Gasteiger partial charge in [-0.05, 0) is 12.5 Å². The smallest absolute Gasteiger partial charge is 0.223 e. The number of dihydropyridines is 1. The van der Waals surface area contributed by atoms with E-state index in [1.54, 1.807) is 18.2 Å². The highest BCUT2D eigenvalue weighted by Gasteiger charge is 2.18. The quantitative estimate of drug-likeness (QED) is 0.469. The molecule has 0 saturated heterocycles. The van der Waals surface area contributed by atoms with Gasteiger partial charge in [0.25, 0.3) is 0 Å². The number of allylic oxidation sites excluding steroid dienone is 1. The highest BCUT2D eigenvalue weighted by molar-refractivity contribution is 6.21. The summed E-state index contributed by atoms with van der Waals surface area (Å²) in [6.07, 6.45) is 2.34. The predicted octanol–water partition coefficient (Wildman–Crippen LogP) is 1.78. The third kappa shape index (κ3) is 2.31. The Morgan fingerprint density at radius 1 is 1.77 bits per heavy atom. The highest BCUT2D eigenvalue weighted by Crippen LogP contribution is 2.22. The van der Waals surface area contributed by atoms with Crippen molar-refractivity contribution in [3.8, 4) is 0 Å². The Bertz CT molecular complexity index is 283. The van der Waals surface area contributed by atoms with Gasteiger partial charge in [-0.25, -0.2) is 0 Å². The molecule has 0 bridgehead atoms. The Morgan fingerprint density at radius 2 is 2.38 bits per heavy atom. The van der Waals surface area contributed by atoms with Crippen LogP contribution in [-0.2, 0) is 4.79 Å². The van der Waals surface area contributed by atoms with Crippen LogP contribution < -0.4 is 0 Å². The zero-order valence-electron chi connectivity index (χ0n) is 8.04. The third-order valence-electron chi connectivity index (χ3n) is 2.12. The molecule has 1 aliphatic rings. The second-order valence-corrected chi connectivity index (χ2v) is 3.63. The summed E-state index contributed by atoms with van der Waals surface area (Å²) in [7, 11) is 1.75.